The second-order valence-electron chi connectivity index (χ2n) is 7.66. The van der Waals surface area contributed by atoms with Crippen LogP contribution in [0.4, 0.5) is 11.4 Å². The normalized spacial score (nSPS) is 15.3. The number of nitrogens with zero attached hydrogens (tertiary/aromatic N) is 1. The number of anilines is 2. The molecule has 1 fully saturated rings. The molecular weight excluding hydrogens is 418 g/mol. The zero-order chi connectivity index (χ0) is 22.4. The Morgan fingerprint density at radius 3 is 2.26 bits per heavy atom. The van der Waals surface area contributed by atoms with Gasteiger partial charge >= 0.3 is 0 Å². The quantitative estimate of drug-likeness (QED) is 0.681. The second-order valence-corrected chi connectivity index (χ2v) is 9.59. The van der Waals surface area contributed by atoms with Gasteiger partial charge in [-0.05, 0) is 61.2 Å². The molecule has 1 saturated heterocycles. The average molecular weight is 446 g/mol. The largest absolute Gasteiger partial charge is 0.484 e. The zero-order valence-electron chi connectivity index (χ0n) is 17.6. The summed E-state index contributed by atoms with van der Waals surface area (Å²) >= 11 is 0. The minimum absolute atomic E-state index is 0.202. The van der Waals surface area contributed by atoms with Crippen molar-refractivity contribution in [2.75, 3.05) is 30.3 Å². The van der Waals surface area contributed by atoms with Crippen LogP contribution in [0.5, 0.6) is 5.75 Å². The highest BCUT2D eigenvalue weighted by molar-refractivity contribution is 7.89. The van der Waals surface area contributed by atoms with Gasteiger partial charge in [-0.25, -0.2) is 8.42 Å². The molecule has 2 aromatic rings. The first-order valence-corrected chi connectivity index (χ1v) is 11.6. The molecule has 1 heterocycles. The van der Waals surface area contributed by atoms with Crippen LogP contribution in [0.2, 0.25) is 0 Å². The molecule has 0 spiro atoms. The van der Waals surface area contributed by atoms with Crippen molar-refractivity contribution in [2.45, 2.75) is 31.6 Å². The van der Waals surface area contributed by atoms with Crippen LogP contribution in [0, 0.1) is 5.92 Å². The fourth-order valence-electron chi connectivity index (χ4n) is 3.31. The van der Waals surface area contributed by atoms with Crippen LogP contribution in [-0.2, 0) is 19.6 Å². The van der Waals surface area contributed by atoms with Crippen molar-refractivity contribution < 1.29 is 22.7 Å². The van der Waals surface area contributed by atoms with Gasteiger partial charge in [0.2, 0.25) is 15.9 Å². The number of carbonyl (C=O) groups excluding carboxylic acids is 2. The van der Waals surface area contributed by atoms with Crippen molar-refractivity contribution in [3.63, 3.8) is 0 Å². The SMILES string of the molecule is CC(=O)Nc1cccc(NC(=O)COc2ccc(S(=O)(=O)N3CCC(C)CC3)cc2)c1. The molecule has 3 rings (SSSR count). The van der Waals surface area contributed by atoms with Crippen molar-refractivity contribution in [1.82, 2.24) is 4.31 Å². The van der Waals surface area contributed by atoms with E-state index in [9.17, 15) is 18.0 Å². The molecule has 2 N–H and O–H groups in total. The van der Waals surface area contributed by atoms with E-state index in [0.717, 1.165) is 12.8 Å². The van der Waals surface area contributed by atoms with Gasteiger partial charge in [0.05, 0.1) is 4.90 Å². The molecular formula is C22H27N3O5S. The summed E-state index contributed by atoms with van der Waals surface area (Å²) in [7, 11) is -3.52. The van der Waals surface area contributed by atoms with Gasteiger partial charge in [0.15, 0.2) is 6.61 Å². The van der Waals surface area contributed by atoms with Crippen molar-refractivity contribution in [3.05, 3.63) is 48.5 Å². The number of piperidine rings is 1. The molecule has 2 aromatic carbocycles. The van der Waals surface area contributed by atoms with Gasteiger partial charge in [-0.15, -0.1) is 0 Å². The Kier molecular flexibility index (Phi) is 7.29. The molecule has 0 saturated carbocycles. The van der Waals surface area contributed by atoms with Gasteiger partial charge in [-0.1, -0.05) is 13.0 Å². The van der Waals surface area contributed by atoms with E-state index in [1.807, 2.05) is 0 Å². The van der Waals surface area contributed by atoms with E-state index in [1.165, 1.54) is 23.4 Å². The van der Waals surface area contributed by atoms with Crippen LogP contribution in [0.1, 0.15) is 26.7 Å². The lowest BCUT2D eigenvalue weighted by Crippen LogP contribution is -2.37. The Balaban J connectivity index is 1.54. The molecule has 1 aliphatic heterocycles. The summed E-state index contributed by atoms with van der Waals surface area (Å²) in [4.78, 5) is 23.5. The number of rotatable bonds is 7. The summed E-state index contributed by atoms with van der Waals surface area (Å²) in [5, 5.41) is 5.34. The maximum Gasteiger partial charge on any atom is 0.262 e. The highest BCUT2D eigenvalue weighted by Gasteiger charge is 2.27. The maximum atomic E-state index is 12.8. The fraction of sp³-hybridized carbons (Fsp3) is 0.364. The van der Waals surface area contributed by atoms with Crippen LogP contribution in [-0.4, -0.2) is 44.2 Å². The van der Waals surface area contributed by atoms with Crippen molar-refractivity contribution in [1.29, 1.82) is 0 Å². The molecule has 0 radical (unpaired) electrons. The van der Waals surface area contributed by atoms with E-state index in [-0.39, 0.29) is 23.3 Å². The maximum absolute atomic E-state index is 12.8. The van der Waals surface area contributed by atoms with Gasteiger partial charge in [0.1, 0.15) is 5.75 Å². The number of hydrogen-bond acceptors (Lipinski definition) is 5. The summed E-state index contributed by atoms with van der Waals surface area (Å²) in [5.74, 6) is 0.362. The van der Waals surface area contributed by atoms with Crippen LogP contribution >= 0.6 is 0 Å². The van der Waals surface area contributed by atoms with Crippen molar-refractivity contribution in [2.24, 2.45) is 5.92 Å². The molecule has 0 aliphatic carbocycles. The number of benzene rings is 2. The van der Waals surface area contributed by atoms with E-state index in [1.54, 1.807) is 36.4 Å². The van der Waals surface area contributed by atoms with Gasteiger partial charge in [-0.3, -0.25) is 9.59 Å². The highest BCUT2D eigenvalue weighted by Crippen LogP contribution is 2.25. The smallest absolute Gasteiger partial charge is 0.262 e. The molecule has 0 bridgehead atoms. The summed E-state index contributed by atoms with van der Waals surface area (Å²) in [6.45, 7) is 4.37. The summed E-state index contributed by atoms with van der Waals surface area (Å²) in [6, 6.07) is 12.9. The number of sulfonamides is 1. The third-order valence-electron chi connectivity index (χ3n) is 5.04. The highest BCUT2D eigenvalue weighted by atomic mass is 32.2. The standard InChI is InChI=1S/C22H27N3O5S/c1-16-10-12-25(13-11-16)31(28,29)21-8-6-20(7-9-21)30-15-22(27)24-19-5-3-4-18(14-19)23-17(2)26/h3-9,14,16H,10-13,15H2,1-2H3,(H,23,26)(H,24,27). The molecule has 1 aliphatic rings. The van der Waals surface area contributed by atoms with Gasteiger partial charge in [0.25, 0.3) is 5.91 Å². The van der Waals surface area contributed by atoms with E-state index >= 15 is 0 Å². The molecule has 9 heteroatoms. The van der Waals surface area contributed by atoms with Crippen molar-refractivity contribution >= 4 is 33.2 Å². The minimum atomic E-state index is -3.52. The predicted molar refractivity (Wildman–Crippen MR) is 118 cm³/mol. The molecule has 2 amide bonds. The molecule has 0 unspecified atom stereocenters. The Hall–Kier alpha value is -2.91. The van der Waals surface area contributed by atoms with E-state index in [2.05, 4.69) is 17.6 Å². The lowest BCUT2D eigenvalue weighted by atomic mass is 10.0. The van der Waals surface area contributed by atoms with Gasteiger partial charge in [-0.2, -0.15) is 4.31 Å². The molecule has 166 valence electrons. The zero-order valence-corrected chi connectivity index (χ0v) is 18.4. The first-order valence-electron chi connectivity index (χ1n) is 10.1. The number of ether oxygens (including phenoxy) is 1. The first-order chi connectivity index (χ1) is 14.7. The number of amides is 2. The topological polar surface area (TPSA) is 105 Å². The summed E-state index contributed by atoms with van der Waals surface area (Å²) in [6.07, 6.45) is 1.73. The van der Waals surface area contributed by atoms with Crippen LogP contribution in [0.3, 0.4) is 0 Å². The van der Waals surface area contributed by atoms with Crippen molar-refractivity contribution in [3.8, 4) is 5.75 Å². The molecule has 0 aromatic heterocycles. The van der Waals surface area contributed by atoms with Gasteiger partial charge < -0.3 is 15.4 Å². The Morgan fingerprint density at radius 2 is 1.65 bits per heavy atom. The lowest BCUT2D eigenvalue weighted by Gasteiger charge is -2.29. The monoisotopic (exact) mass is 445 g/mol. The van der Waals surface area contributed by atoms with Crippen LogP contribution in [0.15, 0.2) is 53.4 Å². The molecule has 8 nitrogen and oxygen atoms in total. The van der Waals surface area contributed by atoms with E-state index in [4.69, 9.17) is 4.74 Å². The van der Waals surface area contributed by atoms with E-state index < -0.39 is 10.0 Å². The fourth-order valence-corrected chi connectivity index (χ4v) is 4.78. The lowest BCUT2D eigenvalue weighted by molar-refractivity contribution is -0.118. The third kappa shape index (κ3) is 6.28. The summed E-state index contributed by atoms with van der Waals surface area (Å²) in [5.41, 5.74) is 1.10. The summed E-state index contributed by atoms with van der Waals surface area (Å²) < 4.78 is 32.5. The average Bonchev–Trinajstić information content (AvgIpc) is 2.73. The predicted octanol–water partition coefficient (Wildman–Crippen LogP) is 3.08. The third-order valence-corrected chi connectivity index (χ3v) is 6.95. The number of nitrogens with one attached hydrogen (secondary N) is 2. The van der Waals surface area contributed by atoms with Gasteiger partial charge in [0, 0.05) is 31.4 Å². The molecule has 31 heavy (non-hydrogen) atoms. The van der Waals surface area contributed by atoms with Crippen LogP contribution < -0.4 is 15.4 Å². The number of carbonyl (C=O) groups is 2. The van der Waals surface area contributed by atoms with Crippen LogP contribution in [0.25, 0.3) is 0 Å². The first kappa shape index (κ1) is 22.8. The molecule has 0 atom stereocenters. The Labute approximate surface area is 182 Å². The number of hydrogen-bond donors (Lipinski definition) is 2. The Bertz CT molecular complexity index is 1030. The minimum Gasteiger partial charge on any atom is -0.484 e. The van der Waals surface area contributed by atoms with E-state index in [0.29, 0.717) is 36.1 Å². The second kappa shape index (κ2) is 9.93. The Morgan fingerprint density at radius 1 is 1.03 bits per heavy atom.